The number of amides is 1. The number of thiocarbonyl (C=S) groups is 1. The maximum absolute atomic E-state index is 12.3. The van der Waals surface area contributed by atoms with Crippen molar-refractivity contribution in [2.45, 2.75) is 6.61 Å². The minimum Gasteiger partial charge on any atom is -0.433 e. The van der Waals surface area contributed by atoms with Crippen molar-refractivity contribution in [3.05, 3.63) is 46.7 Å². The van der Waals surface area contributed by atoms with Gasteiger partial charge in [-0.25, -0.2) is 0 Å². The summed E-state index contributed by atoms with van der Waals surface area (Å²) >= 11 is 6.25. The van der Waals surface area contributed by atoms with Crippen LogP contribution < -0.4 is 15.4 Å². The first kappa shape index (κ1) is 15.3. The molecule has 0 saturated heterocycles. The molecule has 0 radical (unpaired) electrons. The summed E-state index contributed by atoms with van der Waals surface area (Å²) in [6.07, 6.45) is 0. The first-order valence-corrected chi connectivity index (χ1v) is 7.04. The normalized spacial score (nSPS) is 10.2. The fourth-order valence-corrected chi connectivity index (χ4v) is 2.32. The van der Waals surface area contributed by atoms with Crippen molar-refractivity contribution in [1.82, 2.24) is 5.32 Å². The van der Waals surface area contributed by atoms with Crippen molar-refractivity contribution in [2.24, 2.45) is 0 Å². The molecule has 4 nitrogen and oxygen atoms in total. The van der Waals surface area contributed by atoms with Crippen LogP contribution in [-0.2, 0) is 0 Å². The van der Waals surface area contributed by atoms with Crippen LogP contribution in [0, 0.1) is 0 Å². The van der Waals surface area contributed by atoms with E-state index in [-0.39, 0.29) is 22.5 Å². The van der Waals surface area contributed by atoms with E-state index in [1.54, 1.807) is 29.6 Å². The van der Waals surface area contributed by atoms with E-state index in [1.807, 2.05) is 0 Å². The molecule has 0 aliphatic carbocycles. The lowest BCUT2D eigenvalue weighted by atomic mass is 10.3. The molecule has 0 fully saturated rings. The molecule has 1 aromatic heterocycles. The average Bonchev–Trinajstić information content (AvgIpc) is 2.94. The van der Waals surface area contributed by atoms with Crippen LogP contribution in [0.15, 0.2) is 41.8 Å². The molecule has 2 aromatic rings. The van der Waals surface area contributed by atoms with Crippen LogP contribution in [0.4, 0.5) is 14.5 Å². The third kappa shape index (κ3) is 4.47. The number of anilines is 1. The number of hydrogen-bond acceptors (Lipinski definition) is 4. The van der Waals surface area contributed by atoms with E-state index < -0.39 is 6.61 Å². The van der Waals surface area contributed by atoms with Crippen molar-refractivity contribution in [3.63, 3.8) is 0 Å². The molecule has 0 aliphatic heterocycles. The second-order valence-corrected chi connectivity index (χ2v) is 5.12. The summed E-state index contributed by atoms with van der Waals surface area (Å²) < 4.78 is 28.9. The van der Waals surface area contributed by atoms with Gasteiger partial charge in [0.05, 0.1) is 10.6 Å². The maximum atomic E-state index is 12.3. The smallest absolute Gasteiger partial charge is 0.387 e. The fourth-order valence-electron chi connectivity index (χ4n) is 1.49. The highest BCUT2D eigenvalue weighted by molar-refractivity contribution is 7.80. The number of alkyl halides is 2. The molecule has 1 heterocycles. The van der Waals surface area contributed by atoms with Crippen molar-refractivity contribution < 1.29 is 18.3 Å². The number of carbonyl (C=O) groups excluding carboxylic acids is 1. The Balaban J connectivity index is 2.01. The topological polar surface area (TPSA) is 50.4 Å². The summed E-state index contributed by atoms with van der Waals surface area (Å²) in [6, 6.07) is 9.46. The number of thiophene rings is 1. The number of halogens is 2. The number of rotatable bonds is 4. The molecular weight excluding hydrogens is 318 g/mol. The second-order valence-electron chi connectivity index (χ2n) is 3.76. The Labute approximate surface area is 128 Å². The van der Waals surface area contributed by atoms with E-state index in [0.717, 1.165) is 0 Å². The van der Waals surface area contributed by atoms with E-state index >= 15 is 0 Å². The third-order valence-corrected chi connectivity index (χ3v) is 3.40. The lowest BCUT2D eigenvalue weighted by Crippen LogP contribution is -2.33. The minimum absolute atomic E-state index is 0.00119. The first-order valence-electron chi connectivity index (χ1n) is 5.76. The molecule has 0 unspecified atom stereocenters. The van der Waals surface area contributed by atoms with Crippen molar-refractivity contribution >= 4 is 40.3 Å². The Hall–Kier alpha value is -2.06. The average molecular weight is 328 g/mol. The summed E-state index contributed by atoms with van der Waals surface area (Å²) in [5, 5.41) is 6.87. The van der Waals surface area contributed by atoms with Crippen LogP contribution in [-0.4, -0.2) is 17.6 Å². The Morgan fingerprint density at radius 3 is 2.67 bits per heavy atom. The number of ether oxygens (including phenoxy) is 1. The summed E-state index contributed by atoms with van der Waals surface area (Å²) in [6.45, 7) is -2.94. The van der Waals surface area contributed by atoms with Gasteiger partial charge in [-0.15, -0.1) is 11.3 Å². The SMILES string of the molecule is O=C(NC(=S)Nc1ccccc1OC(F)F)c1cccs1. The molecule has 0 spiro atoms. The van der Waals surface area contributed by atoms with Gasteiger partial charge in [-0.2, -0.15) is 8.78 Å². The van der Waals surface area contributed by atoms with Gasteiger partial charge >= 0.3 is 6.61 Å². The van der Waals surface area contributed by atoms with Gasteiger partial charge in [0.25, 0.3) is 5.91 Å². The van der Waals surface area contributed by atoms with Gasteiger partial charge in [0, 0.05) is 0 Å². The van der Waals surface area contributed by atoms with Crippen LogP contribution >= 0.6 is 23.6 Å². The van der Waals surface area contributed by atoms with Gasteiger partial charge in [0.2, 0.25) is 0 Å². The van der Waals surface area contributed by atoms with Crippen LogP contribution in [0.2, 0.25) is 0 Å². The van der Waals surface area contributed by atoms with Gasteiger partial charge in [0.15, 0.2) is 5.11 Å². The quantitative estimate of drug-likeness (QED) is 0.844. The highest BCUT2D eigenvalue weighted by atomic mass is 32.1. The fraction of sp³-hybridized carbons (Fsp3) is 0.0769. The molecule has 0 saturated carbocycles. The van der Waals surface area contributed by atoms with Gasteiger partial charge < -0.3 is 10.1 Å². The highest BCUT2D eigenvalue weighted by Gasteiger charge is 2.12. The molecule has 110 valence electrons. The zero-order valence-electron chi connectivity index (χ0n) is 10.5. The summed E-state index contributed by atoms with van der Waals surface area (Å²) in [5.41, 5.74) is 0.245. The van der Waals surface area contributed by atoms with Crippen LogP contribution in [0.5, 0.6) is 5.75 Å². The van der Waals surface area contributed by atoms with Gasteiger partial charge in [-0.1, -0.05) is 18.2 Å². The Bertz CT molecular complexity index is 633. The molecule has 2 N–H and O–H groups in total. The van der Waals surface area contributed by atoms with E-state index in [2.05, 4.69) is 15.4 Å². The number of hydrogen-bond donors (Lipinski definition) is 2. The molecule has 1 amide bonds. The lowest BCUT2D eigenvalue weighted by Gasteiger charge is -2.13. The predicted octanol–water partition coefficient (Wildman–Crippen LogP) is 3.48. The van der Waals surface area contributed by atoms with Crippen molar-refractivity contribution in [1.29, 1.82) is 0 Å². The van der Waals surface area contributed by atoms with Crippen LogP contribution in [0.25, 0.3) is 0 Å². The van der Waals surface area contributed by atoms with E-state index in [0.29, 0.717) is 4.88 Å². The van der Waals surface area contributed by atoms with E-state index in [1.165, 1.54) is 23.5 Å². The number of para-hydroxylation sites is 2. The van der Waals surface area contributed by atoms with Crippen LogP contribution in [0.3, 0.4) is 0 Å². The highest BCUT2D eigenvalue weighted by Crippen LogP contribution is 2.25. The van der Waals surface area contributed by atoms with E-state index in [9.17, 15) is 13.6 Å². The molecule has 0 atom stereocenters. The minimum atomic E-state index is -2.94. The maximum Gasteiger partial charge on any atom is 0.387 e. The number of benzene rings is 1. The summed E-state index contributed by atoms with van der Waals surface area (Å²) in [4.78, 5) is 12.3. The second kappa shape index (κ2) is 7.09. The van der Waals surface area contributed by atoms with Crippen molar-refractivity contribution in [2.75, 3.05) is 5.32 Å². The molecule has 8 heteroatoms. The van der Waals surface area contributed by atoms with E-state index in [4.69, 9.17) is 12.2 Å². The number of nitrogens with one attached hydrogen (secondary N) is 2. The Morgan fingerprint density at radius 2 is 2.00 bits per heavy atom. The summed E-state index contributed by atoms with van der Waals surface area (Å²) in [7, 11) is 0. The first-order chi connectivity index (χ1) is 10.1. The number of carbonyl (C=O) groups is 1. The van der Waals surface area contributed by atoms with Crippen molar-refractivity contribution in [3.8, 4) is 5.75 Å². The molecule has 1 aromatic carbocycles. The molecular formula is C13H10F2N2O2S2. The molecule has 2 rings (SSSR count). The molecule has 0 bridgehead atoms. The largest absolute Gasteiger partial charge is 0.433 e. The van der Waals surface area contributed by atoms with Gasteiger partial charge in [0.1, 0.15) is 5.75 Å². The van der Waals surface area contributed by atoms with Gasteiger partial charge in [-0.05, 0) is 35.8 Å². The Morgan fingerprint density at radius 1 is 1.24 bits per heavy atom. The van der Waals surface area contributed by atoms with Gasteiger partial charge in [-0.3, -0.25) is 10.1 Å². The lowest BCUT2D eigenvalue weighted by molar-refractivity contribution is -0.0493. The standard InChI is InChI=1S/C13H10F2N2O2S2/c14-12(15)19-9-5-2-1-4-8(9)16-13(20)17-11(18)10-6-3-7-21-10/h1-7,12H,(H2,16,17,18,20). The zero-order valence-corrected chi connectivity index (χ0v) is 12.1. The summed E-state index contributed by atoms with van der Waals surface area (Å²) in [5.74, 6) is -0.421. The third-order valence-electron chi connectivity index (χ3n) is 2.32. The van der Waals surface area contributed by atoms with Crippen LogP contribution in [0.1, 0.15) is 9.67 Å². The predicted molar refractivity (Wildman–Crippen MR) is 81.1 cm³/mol. The Kier molecular flexibility index (Phi) is 5.18. The zero-order chi connectivity index (χ0) is 15.2. The molecule has 0 aliphatic rings. The monoisotopic (exact) mass is 328 g/mol. The molecule has 21 heavy (non-hydrogen) atoms.